The molecule has 0 aliphatic carbocycles. The number of hydrogen-bond donors (Lipinski definition) is 0. The zero-order valence-corrected chi connectivity index (χ0v) is 14.9. The summed E-state index contributed by atoms with van der Waals surface area (Å²) in [5.41, 5.74) is 3.85. The van der Waals surface area contributed by atoms with Gasteiger partial charge in [-0.15, -0.1) is 0 Å². The fourth-order valence-corrected chi connectivity index (χ4v) is 4.10. The molecular weight excluding hydrogens is 396 g/mol. The van der Waals surface area contributed by atoms with Gasteiger partial charge in [-0.25, -0.2) is 0 Å². The van der Waals surface area contributed by atoms with E-state index in [-0.39, 0.29) is 4.83 Å². The number of fused-ring (bicyclic) bond motifs is 1. The monoisotopic (exact) mass is 410 g/mol. The predicted octanol–water partition coefficient (Wildman–Crippen LogP) is 5.21. The zero-order valence-electron chi connectivity index (χ0n) is 11.7. The zero-order chi connectivity index (χ0) is 14.8. The third-order valence-corrected chi connectivity index (χ3v) is 5.16. The van der Waals surface area contributed by atoms with Gasteiger partial charge in [0, 0.05) is 9.30 Å². The highest BCUT2D eigenvalue weighted by atomic mass is 79.9. The lowest BCUT2D eigenvalue weighted by molar-refractivity contribution is 0.171. The van der Waals surface area contributed by atoms with Gasteiger partial charge >= 0.3 is 0 Å². The Kier molecular flexibility index (Phi) is 4.55. The highest BCUT2D eigenvalue weighted by Gasteiger charge is 2.19. The largest absolute Gasteiger partial charge is 0.486 e. The average Bonchev–Trinajstić information content (AvgIpc) is 2.49. The van der Waals surface area contributed by atoms with Crippen LogP contribution in [0.25, 0.3) is 0 Å². The van der Waals surface area contributed by atoms with Gasteiger partial charge in [-0.3, -0.25) is 0 Å². The Labute approximate surface area is 141 Å². The molecule has 4 heteroatoms. The van der Waals surface area contributed by atoms with Crippen molar-refractivity contribution in [3.8, 4) is 11.5 Å². The van der Waals surface area contributed by atoms with Gasteiger partial charge in [-0.2, -0.15) is 0 Å². The van der Waals surface area contributed by atoms with Crippen molar-refractivity contribution in [2.24, 2.45) is 0 Å². The molecule has 0 radical (unpaired) electrons. The molecule has 110 valence electrons. The fourth-order valence-electron chi connectivity index (χ4n) is 2.46. The molecule has 0 amide bonds. The van der Waals surface area contributed by atoms with Gasteiger partial charge < -0.3 is 9.47 Å². The Bertz CT molecular complexity index is 655. The molecule has 2 nitrogen and oxygen atoms in total. The van der Waals surface area contributed by atoms with Crippen LogP contribution in [0.5, 0.6) is 11.5 Å². The second kappa shape index (κ2) is 6.41. The van der Waals surface area contributed by atoms with Crippen LogP contribution < -0.4 is 9.47 Å². The first-order chi connectivity index (χ1) is 10.1. The summed E-state index contributed by atoms with van der Waals surface area (Å²) in [5.74, 6) is 1.64. The molecule has 3 rings (SSSR count). The minimum Gasteiger partial charge on any atom is -0.486 e. The number of ether oxygens (including phenoxy) is 2. The van der Waals surface area contributed by atoms with Gasteiger partial charge in [-0.05, 0) is 42.2 Å². The van der Waals surface area contributed by atoms with Crippen LogP contribution in [0.1, 0.15) is 21.5 Å². The van der Waals surface area contributed by atoms with Gasteiger partial charge in [0.05, 0.1) is 0 Å². The van der Waals surface area contributed by atoms with E-state index in [4.69, 9.17) is 9.47 Å². The molecule has 0 saturated heterocycles. The van der Waals surface area contributed by atoms with E-state index < -0.39 is 0 Å². The molecule has 0 aromatic heterocycles. The number of halogens is 2. The quantitative estimate of drug-likeness (QED) is 0.645. The summed E-state index contributed by atoms with van der Waals surface area (Å²) in [7, 11) is 0. The molecule has 1 aliphatic rings. The topological polar surface area (TPSA) is 18.5 Å². The average molecular weight is 412 g/mol. The van der Waals surface area contributed by atoms with Crippen molar-refractivity contribution in [3.63, 3.8) is 0 Å². The van der Waals surface area contributed by atoms with Crippen LogP contribution in [0, 0.1) is 6.92 Å². The first-order valence-corrected chi connectivity index (χ1v) is 8.63. The van der Waals surface area contributed by atoms with Crippen molar-refractivity contribution >= 4 is 31.9 Å². The van der Waals surface area contributed by atoms with Crippen LogP contribution in [0.3, 0.4) is 0 Å². The highest BCUT2D eigenvalue weighted by molar-refractivity contribution is 9.11. The molecule has 0 saturated carbocycles. The predicted molar refractivity (Wildman–Crippen MR) is 91.7 cm³/mol. The summed E-state index contributed by atoms with van der Waals surface area (Å²) in [6.45, 7) is 3.37. The third-order valence-electron chi connectivity index (χ3n) is 3.66. The summed E-state index contributed by atoms with van der Waals surface area (Å²) >= 11 is 7.45. The van der Waals surface area contributed by atoms with Crippen molar-refractivity contribution in [2.45, 2.75) is 18.2 Å². The second-order valence-corrected chi connectivity index (χ2v) is 7.08. The van der Waals surface area contributed by atoms with Crippen molar-refractivity contribution < 1.29 is 9.47 Å². The lowest BCUT2D eigenvalue weighted by atomic mass is 10.0. The smallest absolute Gasteiger partial charge is 0.162 e. The molecular formula is C17H16Br2O2. The minimum absolute atomic E-state index is 0.226. The number of aryl methyl sites for hydroxylation is 1. The standard InChI is InChI=1S/C17H16Br2O2/c1-11-4-2-3-5-12(11)8-14(18)13-9-16-17(10-15(13)19)21-7-6-20-16/h2-5,9-10,14H,6-8H2,1H3. The lowest BCUT2D eigenvalue weighted by Crippen LogP contribution is -2.15. The van der Waals surface area contributed by atoms with Crippen LogP contribution in [0.2, 0.25) is 0 Å². The maximum Gasteiger partial charge on any atom is 0.162 e. The molecule has 0 bridgehead atoms. The van der Waals surface area contributed by atoms with Crippen LogP contribution in [-0.4, -0.2) is 13.2 Å². The van der Waals surface area contributed by atoms with Gasteiger partial charge in [0.1, 0.15) is 13.2 Å². The number of benzene rings is 2. The van der Waals surface area contributed by atoms with Crippen molar-refractivity contribution in [1.29, 1.82) is 0 Å². The summed E-state index contributed by atoms with van der Waals surface area (Å²) < 4.78 is 12.3. The first-order valence-electron chi connectivity index (χ1n) is 6.93. The number of alkyl halides is 1. The van der Waals surface area contributed by atoms with E-state index >= 15 is 0 Å². The Morgan fingerprint density at radius 1 is 1.10 bits per heavy atom. The van der Waals surface area contributed by atoms with Gasteiger partial charge in [0.2, 0.25) is 0 Å². The maximum atomic E-state index is 5.68. The van der Waals surface area contributed by atoms with Crippen LogP contribution >= 0.6 is 31.9 Å². The molecule has 0 spiro atoms. The van der Waals surface area contributed by atoms with E-state index in [1.807, 2.05) is 6.07 Å². The normalized spacial score (nSPS) is 14.8. The SMILES string of the molecule is Cc1ccccc1CC(Br)c1cc2c(cc1Br)OCCO2. The Morgan fingerprint density at radius 2 is 1.76 bits per heavy atom. The highest BCUT2D eigenvalue weighted by Crippen LogP contribution is 2.41. The molecule has 1 unspecified atom stereocenters. The third kappa shape index (κ3) is 3.27. The van der Waals surface area contributed by atoms with Crippen molar-refractivity contribution in [1.82, 2.24) is 0 Å². The Balaban J connectivity index is 1.87. The summed E-state index contributed by atoms with van der Waals surface area (Å²) in [6, 6.07) is 12.5. The molecule has 0 N–H and O–H groups in total. The molecule has 21 heavy (non-hydrogen) atoms. The molecule has 2 aromatic carbocycles. The number of hydrogen-bond acceptors (Lipinski definition) is 2. The number of rotatable bonds is 3. The van der Waals surface area contributed by atoms with E-state index in [1.165, 1.54) is 16.7 Å². The Hall–Kier alpha value is -1.00. The van der Waals surface area contributed by atoms with E-state index in [2.05, 4.69) is 69.1 Å². The Morgan fingerprint density at radius 3 is 2.48 bits per heavy atom. The van der Waals surface area contributed by atoms with Gasteiger partial charge in [0.15, 0.2) is 11.5 Å². The van der Waals surface area contributed by atoms with E-state index in [0.29, 0.717) is 13.2 Å². The van der Waals surface area contributed by atoms with E-state index in [0.717, 1.165) is 22.4 Å². The van der Waals surface area contributed by atoms with Crippen molar-refractivity contribution in [3.05, 3.63) is 57.6 Å². The van der Waals surface area contributed by atoms with Crippen molar-refractivity contribution in [2.75, 3.05) is 13.2 Å². The maximum absolute atomic E-state index is 5.68. The molecule has 2 aromatic rings. The van der Waals surface area contributed by atoms with Gasteiger partial charge in [0.25, 0.3) is 0 Å². The fraction of sp³-hybridized carbons (Fsp3) is 0.294. The van der Waals surface area contributed by atoms with Crippen LogP contribution in [0.4, 0.5) is 0 Å². The van der Waals surface area contributed by atoms with E-state index in [9.17, 15) is 0 Å². The summed E-state index contributed by atoms with van der Waals surface area (Å²) in [5, 5.41) is 0. The molecule has 1 atom stereocenters. The first kappa shape index (κ1) is 14.9. The molecule has 1 aliphatic heterocycles. The summed E-state index contributed by atoms with van der Waals surface area (Å²) in [6.07, 6.45) is 0.935. The van der Waals surface area contributed by atoms with Crippen LogP contribution in [0.15, 0.2) is 40.9 Å². The molecule has 1 heterocycles. The van der Waals surface area contributed by atoms with E-state index in [1.54, 1.807) is 0 Å². The van der Waals surface area contributed by atoms with Crippen LogP contribution in [-0.2, 0) is 6.42 Å². The van der Waals surface area contributed by atoms with Gasteiger partial charge in [-0.1, -0.05) is 56.1 Å². The summed E-state index contributed by atoms with van der Waals surface area (Å²) in [4.78, 5) is 0.226. The minimum atomic E-state index is 0.226. The second-order valence-electron chi connectivity index (χ2n) is 5.12. The lowest BCUT2D eigenvalue weighted by Gasteiger charge is -2.21. The molecule has 0 fully saturated rings.